The highest BCUT2D eigenvalue weighted by Gasteiger charge is 2.28. The summed E-state index contributed by atoms with van der Waals surface area (Å²) >= 11 is 0. The molecular weight excluding hydrogens is 371 g/mol. The lowest BCUT2D eigenvalue weighted by Gasteiger charge is -2.28. The maximum Gasteiger partial charge on any atom is 0.458 e. The van der Waals surface area contributed by atoms with Gasteiger partial charge in [0.1, 0.15) is 5.75 Å². The van der Waals surface area contributed by atoms with E-state index in [1.165, 1.54) is 5.57 Å². The van der Waals surface area contributed by atoms with Crippen molar-refractivity contribution in [2.24, 2.45) is 0 Å². The van der Waals surface area contributed by atoms with Crippen molar-refractivity contribution in [3.05, 3.63) is 71.3 Å². The van der Waals surface area contributed by atoms with Crippen molar-refractivity contribution in [1.82, 2.24) is 0 Å². The predicted octanol–water partition coefficient (Wildman–Crippen LogP) is 6.67. The summed E-state index contributed by atoms with van der Waals surface area (Å²) in [4.78, 5) is 0. The van der Waals surface area contributed by atoms with E-state index in [0.717, 1.165) is 66.0 Å². The summed E-state index contributed by atoms with van der Waals surface area (Å²) in [6.07, 6.45) is 10.6. The lowest BCUT2D eigenvalue weighted by Crippen LogP contribution is -2.31. The number of fused-ring (bicyclic) bond motifs is 1. The fraction of sp³-hybridized carbons (Fsp3) is 0.385. The molecule has 0 spiro atoms. The van der Waals surface area contributed by atoms with Gasteiger partial charge in [-0.2, -0.15) is 0 Å². The minimum absolute atomic E-state index is 0.107. The van der Waals surface area contributed by atoms with Gasteiger partial charge < -0.3 is 14.8 Å². The number of phenols is 1. The van der Waals surface area contributed by atoms with Crippen LogP contribution in [-0.2, 0) is 4.65 Å². The summed E-state index contributed by atoms with van der Waals surface area (Å²) in [6, 6.07) is 11.7. The maximum atomic E-state index is 10.2. The largest absolute Gasteiger partial charge is 0.507 e. The quantitative estimate of drug-likeness (QED) is 0.459. The molecule has 0 saturated carbocycles. The van der Waals surface area contributed by atoms with Crippen LogP contribution in [0.3, 0.4) is 0 Å². The fourth-order valence-electron chi connectivity index (χ4n) is 4.28. The van der Waals surface area contributed by atoms with Gasteiger partial charge >= 0.3 is 7.12 Å². The number of aromatic hydroxyl groups is 1. The van der Waals surface area contributed by atoms with Gasteiger partial charge in [-0.25, -0.2) is 0 Å². The van der Waals surface area contributed by atoms with Gasteiger partial charge in [0.2, 0.25) is 0 Å². The maximum absolute atomic E-state index is 10.2. The SMILES string of the molecule is C=C(CCC)C1=CCB(O)OC1CC/C(=C/c1ccc(O)c2ccccc12)CCC. The summed E-state index contributed by atoms with van der Waals surface area (Å²) in [5.41, 5.74) is 4.77. The Kier molecular flexibility index (Phi) is 7.95. The highest BCUT2D eigenvalue weighted by molar-refractivity contribution is 6.43. The highest BCUT2D eigenvalue weighted by atomic mass is 16.5. The topological polar surface area (TPSA) is 49.7 Å². The second-order valence-corrected chi connectivity index (χ2v) is 8.14. The molecule has 0 aromatic heterocycles. The van der Waals surface area contributed by atoms with Crippen molar-refractivity contribution in [3.8, 4) is 5.75 Å². The van der Waals surface area contributed by atoms with E-state index in [9.17, 15) is 10.1 Å². The molecule has 2 N–H and O–H groups in total. The molecule has 2 aromatic carbocycles. The average molecular weight is 404 g/mol. The molecule has 1 heterocycles. The smallest absolute Gasteiger partial charge is 0.458 e. The normalized spacial score (nSPS) is 17.3. The third kappa shape index (κ3) is 5.44. The Morgan fingerprint density at radius 1 is 1.10 bits per heavy atom. The van der Waals surface area contributed by atoms with Crippen LogP contribution in [0.15, 0.2) is 65.8 Å². The van der Waals surface area contributed by atoms with E-state index in [1.807, 2.05) is 24.3 Å². The van der Waals surface area contributed by atoms with E-state index < -0.39 is 7.12 Å². The molecule has 1 aliphatic heterocycles. The van der Waals surface area contributed by atoms with Gasteiger partial charge in [0.25, 0.3) is 0 Å². The molecule has 2 aromatic rings. The van der Waals surface area contributed by atoms with Gasteiger partial charge in [-0.15, -0.1) is 0 Å². The lowest BCUT2D eigenvalue weighted by atomic mass is 9.77. The first-order valence-electron chi connectivity index (χ1n) is 11.1. The Labute approximate surface area is 180 Å². The van der Waals surface area contributed by atoms with E-state index >= 15 is 0 Å². The van der Waals surface area contributed by atoms with Gasteiger partial charge in [0, 0.05) is 11.7 Å². The molecule has 0 saturated heterocycles. The zero-order valence-corrected chi connectivity index (χ0v) is 18.2. The molecule has 3 rings (SSSR count). The van der Waals surface area contributed by atoms with Gasteiger partial charge in [-0.05, 0) is 53.8 Å². The van der Waals surface area contributed by atoms with Crippen LogP contribution in [0, 0.1) is 0 Å². The van der Waals surface area contributed by atoms with E-state index in [0.29, 0.717) is 12.1 Å². The summed E-state index contributed by atoms with van der Waals surface area (Å²) in [5.74, 6) is 0.314. The monoisotopic (exact) mass is 404 g/mol. The van der Waals surface area contributed by atoms with Crippen molar-refractivity contribution >= 4 is 24.0 Å². The second-order valence-electron chi connectivity index (χ2n) is 8.14. The van der Waals surface area contributed by atoms with Crippen molar-refractivity contribution in [1.29, 1.82) is 0 Å². The van der Waals surface area contributed by atoms with Gasteiger partial charge in [0.15, 0.2) is 0 Å². The number of allylic oxidation sites excluding steroid dienone is 2. The molecule has 0 amide bonds. The Balaban J connectivity index is 1.82. The van der Waals surface area contributed by atoms with Crippen molar-refractivity contribution < 1.29 is 14.8 Å². The summed E-state index contributed by atoms with van der Waals surface area (Å²) in [6.45, 7) is 8.60. The van der Waals surface area contributed by atoms with Crippen LogP contribution in [0.4, 0.5) is 0 Å². The summed E-state index contributed by atoms with van der Waals surface area (Å²) < 4.78 is 5.90. The standard InChI is InChI=1S/C26H33BO3/c1-4-8-19(3)22-16-17-27(29)30-26(22)15-12-20(9-5-2)18-21-13-14-25(28)24-11-7-6-10-23(21)24/h6-7,10-11,13-14,16,18,26,28-29H,3-5,8-9,12,15,17H2,1-2H3/b20-18+. The summed E-state index contributed by atoms with van der Waals surface area (Å²) in [5, 5.41) is 22.1. The van der Waals surface area contributed by atoms with Crippen LogP contribution in [-0.4, -0.2) is 23.4 Å². The number of rotatable bonds is 9. The molecule has 0 radical (unpaired) electrons. The highest BCUT2D eigenvalue weighted by Crippen LogP contribution is 2.32. The first-order chi connectivity index (χ1) is 14.5. The molecule has 1 aliphatic rings. The Morgan fingerprint density at radius 3 is 2.57 bits per heavy atom. The number of benzene rings is 2. The van der Waals surface area contributed by atoms with Crippen LogP contribution in [0.25, 0.3) is 16.8 Å². The first kappa shape index (κ1) is 22.4. The van der Waals surface area contributed by atoms with Crippen LogP contribution >= 0.6 is 0 Å². The minimum atomic E-state index is -0.729. The molecule has 158 valence electrons. The van der Waals surface area contributed by atoms with Crippen molar-refractivity contribution in [3.63, 3.8) is 0 Å². The van der Waals surface area contributed by atoms with E-state index in [-0.39, 0.29) is 6.10 Å². The average Bonchev–Trinajstić information content (AvgIpc) is 2.74. The van der Waals surface area contributed by atoms with Gasteiger partial charge in [-0.1, -0.05) is 81.3 Å². The molecule has 0 fully saturated rings. The molecular formula is C26H33BO3. The molecule has 1 unspecified atom stereocenters. The van der Waals surface area contributed by atoms with Gasteiger partial charge in [-0.3, -0.25) is 0 Å². The number of phenolic OH excluding ortho intramolecular Hbond substituents is 1. The molecule has 0 aliphatic carbocycles. The Morgan fingerprint density at radius 2 is 1.83 bits per heavy atom. The van der Waals surface area contributed by atoms with Crippen LogP contribution in [0.2, 0.25) is 6.32 Å². The zero-order valence-electron chi connectivity index (χ0n) is 18.2. The first-order valence-corrected chi connectivity index (χ1v) is 11.1. The van der Waals surface area contributed by atoms with Crippen LogP contribution in [0.1, 0.15) is 57.9 Å². The summed E-state index contributed by atoms with van der Waals surface area (Å²) in [7, 11) is -0.729. The predicted molar refractivity (Wildman–Crippen MR) is 128 cm³/mol. The van der Waals surface area contributed by atoms with Crippen LogP contribution in [0.5, 0.6) is 5.75 Å². The van der Waals surface area contributed by atoms with E-state index in [2.05, 4.69) is 38.6 Å². The molecule has 1 atom stereocenters. The molecule has 0 bridgehead atoms. The zero-order chi connectivity index (χ0) is 21.5. The number of hydrogen-bond acceptors (Lipinski definition) is 3. The van der Waals surface area contributed by atoms with Crippen molar-refractivity contribution in [2.75, 3.05) is 0 Å². The third-order valence-corrected chi connectivity index (χ3v) is 5.76. The Hall–Kier alpha value is -2.30. The molecule has 30 heavy (non-hydrogen) atoms. The van der Waals surface area contributed by atoms with Crippen LogP contribution < -0.4 is 0 Å². The fourth-order valence-corrected chi connectivity index (χ4v) is 4.28. The lowest BCUT2D eigenvalue weighted by molar-refractivity contribution is 0.182. The van der Waals surface area contributed by atoms with Gasteiger partial charge in [0.05, 0.1) is 6.10 Å². The Bertz CT molecular complexity index is 944. The molecule has 3 nitrogen and oxygen atoms in total. The second kappa shape index (κ2) is 10.6. The third-order valence-electron chi connectivity index (χ3n) is 5.76. The van der Waals surface area contributed by atoms with Crippen molar-refractivity contribution in [2.45, 2.75) is 64.8 Å². The van der Waals surface area contributed by atoms with E-state index in [1.54, 1.807) is 6.07 Å². The molecule has 4 heteroatoms. The minimum Gasteiger partial charge on any atom is -0.507 e. The van der Waals surface area contributed by atoms with E-state index in [4.69, 9.17) is 4.65 Å². The number of hydrogen-bond donors (Lipinski definition) is 2.